The van der Waals surface area contributed by atoms with E-state index in [2.05, 4.69) is 15.5 Å². The first-order chi connectivity index (χ1) is 18.5. The Morgan fingerprint density at radius 2 is 1.77 bits per heavy atom. The summed E-state index contributed by atoms with van der Waals surface area (Å²) in [5.41, 5.74) is 0.0105. The molecular weight excluding hydrogens is 565 g/mol. The number of carbonyl (C=O) groups excluding carboxylic acids is 1. The Labute approximate surface area is 234 Å². The maximum Gasteiger partial charge on any atom is 0.297 e. The van der Waals surface area contributed by atoms with Crippen LogP contribution < -0.4 is 10.1 Å². The van der Waals surface area contributed by atoms with Crippen molar-refractivity contribution >= 4 is 67.1 Å². The first kappa shape index (κ1) is 28.3. The van der Waals surface area contributed by atoms with E-state index in [9.17, 15) is 22.9 Å². The van der Waals surface area contributed by atoms with Gasteiger partial charge >= 0.3 is 0 Å². The maximum atomic E-state index is 13.3. The number of halogens is 2. The molecule has 0 unspecified atom stereocenters. The number of para-hydroxylation sites is 1. The molecule has 0 radical (unpaired) electrons. The molecule has 3 N–H and O–H groups in total. The molecule has 0 saturated carbocycles. The van der Waals surface area contributed by atoms with Gasteiger partial charge in [0.25, 0.3) is 16.0 Å². The number of aryl methyl sites for hydroxylation is 1. The van der Waals surface area contributed by atoms with E-state index in [0.717, 1.165) is 0 Å². The van der Waals surface area contributed by atoms with E-state index >= 15 is 0 Å². The molecule has 39 heavy (non-hydrogen) atoms. The number of hydrogen-bond donors (Lipinski definition) is 3. The van der Waals surface area contributed by atoms with Crippen LogP contribution >= 0.6 is 23.2 Å². The number of rotatable bonds is 8. The largest absolute Gasteiger partial charge is 0.505 e. The average Bonchev–Trinajstić information content (AvgIpc) is 2.88. The summed E-state index contributed by atoms with van der Waals surface area (Å²) in [4.78, 5) is 12.9. The Morgan fingerprint density at radius 1 is 1.03 bits per heavy atom. The van der Waals surface area contributed by atoms with Gasteiger partial charge in [0.2, 0.25) is 0 Å². The Bertz CT molecular complexity index is 1720. The number of phenols is 1. The van der Waals surface area contributed by atoms with Crippen molar-refractivity contribution in [2.24, 2.45) is 10.2 Å². The number of nitrogens with zero attached hydrogens (tertiary/aromatic N) is 2. The number of aromatic hydroxyl groups is 1. The summed E-state index contributed by atoms with van der Waals surface area (Å²) in [6, 6.07) is 15.8. The molecule has 0 bridgehead atoms. The van der Waals surface area contributed by atoms with Crippen molar-refractivity contribution in [3.8, 4) is 11.5 Å². The van der Waals surface area contributed by atoms with Crippen molar-refractivity contribution in [3.05, 3.63) is 81.8 Å². The molecule has 202 valence electrons. The predicted octanol–water partition coefficient (Wildman–Crippen LogP) is 7.73. The molecule has 1 amide bonds. The number of ether oxygens (including phenoxy) is 1. The third kappa shape index (κ3) is 5.99. The van der Waals surface area contributed by atoms with Gasteiger partial charge in [0, 0.05) is 10.4 Å². The van der Waals surface area contributed by atoms with Crippen molar-refractivity contribution in [2.45, 2.75) is 25.2 Å². The summed E-state index contributed by atoms with van der Waals surface area (Å²) < 4.78 is 39.7. The summed E-state index contributed by atoms with van der Waals surface area (Å²) in [5, 5.41) is 23.4. The predicted molar refractivity (Wildman–Crippen MR) is 151 cm³/mol. The lowest BCUT2D eigenvalue weighted by molar-refractivity contribution is 0.102. The van der Waals surface area contributed by atoms with Gasteiger partial charge in [-0.3, -0.25) is 9.35 Å². The van der Waals surface area contributed by atoms with Gasteiger partial charge in [0.15, 0.2) is 5.75 Å². The van der Waals surface area contributed by atoms with E-state index in [1.807, 2.05) is 0 Å². The fourth-order valence-corrected chi connectivity index (χ4v) is 5.39. The highest BCUT2D eigenvalue weighted by atomic mass is 35.5. The van der Waals surface area contributed by atoms with Gasteiger partial charge < -0.3 is 15.2 Å². The first-order valence-corrected chi connectivity index (χ1v) is 13.9. The van der Waals surface area contributed by atoms with E-state index < -0.39 is 26.7 Å². The second kappa shape index (κ2) is 11.6. The number of benzene rings is 4. The van der Waals surface area contributed by atoms with Crippen LogP contribution in [0.4, 0.5) is 17.1 Å². The third-order valence-corrected chi connectivity index (χ3v) is 7.28. The van der Waals surface area contributed by atoms with Crippen LogP contribution in [0, 0.1) is 0 Å². The van der Waals surface area contributed by atoms with Gasteiger partial charge in [0.05, 0.1) is 17.2 Å². The fourth-order valence-electron chi connectivity index (χ4n) is 4.05. The molecule has 0 atom stereocenters. The highest BCUT2D eigenvalue weighted by Gasteiger charge is 2.23. The Kier molecular flexibility index (Phi) is 8.41. The number of azo groups is 1. The van der Waals surface area contributed by atoms with Crippen LogP contribution in [0.2, 0.25) is 10.0 Å². The summed E-state index contributed by atoms with van der Waals surface area (Å²) >= 11 is 12.4. The second-order valence-electron chi connectivity index (χ2n) is 8.28. The smallest absolute Gasteiger partial charge is 0.297 e. The molecule has 0 aromatic heterocycles. The molecule has 0 aliphatic rings. The van der Waals surface area contributed by atoms with E-state index in [-0.39, 0.29) is 44.7 Å². The Balaban J connectivity index is 1.86. The number of anilines is 1. The zero-order valence-corrected chi connectivity index (χ0v) is 23.1. The molecule has 0 spiro atoms. The SMILES string of the molecule is CCOc1cccc(Cl)c1NC(=O)c1cc2ccccc2c(N=Nc2cc(Cl)cc(CC)c2S(=O)(=O)O)c1O. The lowest BCUT2D eigenvalue weighted by Gasteiger charge is -2.15. The maximum absolute atomic E-state index is 13.3. The lowest BCUT2D eigenvalue weighted by Crippen LogP contribution is -2.14. The van der Waals surface area contributed by atoms with Crippen LogP contribution in [0.1, 0.15) is 29.8 Å². The number of phenolic OH excluding ortho intramolecular Hbond substituents is 1. The minimum atomic E-state index is -4.68. The van der Waals surface area contributed by atoms with Crippen molar-refractivity contribution in [1.82, 2.24) is 0 Å². The van der Waals surface area contributed by atoms with Crippen LogP contribution in [0.15, 0.2) is 75.8 Å². The third-order valence-electron chi connectivity index (χ3n) is 5.76. The fraction of sp³-hybridized carbons (Fsp3) is 0.148. The number of carbonyl (C=O) groups is 1. The van der Waals surface area contributed by atoms with Gasteiger partial charge in [-0.1, -0.05) is 60.5 Å². The van der Waals surface area contributed by atoms with Gasteiger partial charge in [0.1, 0.15) is 27.7 Å². The molecule has 12 heteroatoms. The molecule has 9 nitrogen and oxygen atoms in total. The topological polar surface area (TPSA) is 138 Å². The van der Waals surface area contributed by atoms with Crippen LogP contribution in [-0.4, -0.2) is 30.6 Å². The standard InChI is InChI=1S/C27H23Cl2N3O6S/c1-3-15-12-17(28)14-21(26(15)39(35,36)37)31-32-23-18-9-6-5-8-16(18)13-19(25(23)33)27(34)30-24-20(29)10-7-11-22(24)38-4-2/h5-14,33H,3-4H2,1-2H3,(H,30,34)(H,35,36,37). The van der Waals surface area contributed by atoms with Crippen LogP contribution in [-0.2, 0) is 16.5 Å². The Hall–Kier alpha value is -3.70. The monoisotopic (exact) mass is 587 g/mol. The van der Waals surface area contributed by atoms with Gasteiger partial charge in [-0.25, -0.2) is 0 Å². The second-order valence-corrected chi connectivity index (χ2v) is 10.5. The zero-order valence-electron chi connectivity index (χ0n) is 20.8. The molecular formula is C27H23Cl2N3O6S. The zero-order chi connectivity index (χ0) is 28.3. The molecule has 4 aromatic carbocycles. The average molecular weight is 588 g/mol. The summed E-state index contributed by atoms with van der Waals surface area (Å²) in [6.45, 7) is 3.82. The van der Waals surface area contributed by atoms with Crippen molar-refractivity contribution < 1.29 is 27.6 Å². The quantitative estimate of drug-likeness (QED) is 0.142. The Morgan fingerprint density at radius 3 is 2.46 bits per heavy atom. The van der Waals surface area contributed by atoms with Gasteiger partial charge in [-0.15, -0.1) is 10.2 Å². The minimum absolute atomic E-state index is 0.0956. The van der Waals surface area contributed by atoms with Crippen LogP contribution in [0.3, 0.4) is 0 Å². The van der Waals surface area contributed by atoms with Crippen molar-refractivity contribution in [1.29, 1.82) is 0 Å². The van der Waals surface area contributed by atoms with E-state index in [4.69, 9.17) is 27.9 Å². The molecule has 4 aromatic rings. The highest BCUT2D eigenvalue weighted by Crippen LogP contribution is 2.42. The molecule has 0 aliphatic carbocycles. The van der Waals surface area contributed by atoms with Crippen LogP contribution in [0.25, 0.3) is 10.8 Å². The molecule has 0 saturated heterocycles. The van der Waals surface area contributed by atoms with Gasteiger partial charge in [-0.2, -0.15) is 8.42 Å². The number of fused-ring (bicyclic) bond motifs is 1. The van der Waals surface area contributed by atoms with Crippen molar-refractivity contribution in [2.75, 3.05) is 11.9 Å². The number of nitrogens with one attached hydrogen (secondary N) is 1. The molecule has 0 fully saturated rings. The van der Waals surface area contributed by atoms with E-state index in [1.165, 1.54) is 18.2 Å². The molecule has 0 heterocycles. The van der Waals surface area contributed by atoms with Gasteiger partial charge in [-0.05, 0) is 54.6 Å². The van der Waals surface area contributed by atoms with E-state index in [0.29, 0.717) is 23.1 Å². The van der Waals surface area contributed by atoms with E-state index in [1.54, 1.807) is 56.3 Å². The van der Waals surface area contributed by atoms with Crippen molar-refractivity contribution in [3.63, 3.8) is 0 Å². The summed E-state index contributed by atoms with van der Waals surface area (Å²) in [5.74, 6) is -0.853. The summed E-state index contributed by atoms with van der Waals surface area (Å²) in [7, 11) is -4.68. The first-order valence-electron chi connectivity index (χ1n) is 11.7. The molecule has 4 rings (SSSR count). The number of amides is 1. The normalized spacial score (nSPS) is 11.7. The highest BCUT2D eigenvalue weighted by molar-refractivity contribution is 7.86. The lowest BCUT2D eigenvalue weighted by atomic mass is 10.0. The van der Waals surface area contributed by atoms with Crippen LogP contribution in [0.5, 0.6) is 11.5 Å². The number of hydrogen-bond acceptors (Lipinski definition) is 7. The molecule has 0 aliphatic heterocycles. The summed E-state index contributed by atoms with van der Waals surface area (Å²) in [6.07, 6.45) is 0.244. The minimum Gasteiger partial charge on any atom is -0.505 e.